The van der Waals surface area contributed by atoms with E-state index in [1.54, 1.807) is 24.6 Å². The van der Waals surface area contributed by atoms with Crippen LogP contribution in [0.5, 0.6) is 5.75 Å². The van der Waals surface area contributed by atoms with Gasteiger partial charge in [0.15, 0.2) is 0 Å². The summed E-state index contributed by atoms with van der Waals surface area (Å²) in [6, 6.07) is 11.5. The van der Waals surface area contributed by atoms with Gasteiger partial charge in [0.2, 0.25) is 10.0 Å². The van der Waals surface area contributed by atoms with Gasteiger partial charge in [-0.3, -0.25) is 4.90 Å². The summed E-state index contributed by atoms with van der Waals surface area (Å²) in [5.41, 5.74) is 1.22. The van der Waals surface area contributed by atoms with Gasteiger partial charge in [-0.1, -0.05) is 6.07 Å². The largest absolute Gasteiger partial charge is 0.497 e. The minimum absolute atomic E-state index is 0.380. The van der Waals surface area contributed by atoms with Crippen LogP contribution in [0.3, 0.4) is 0 Å². The Kier molecular flexibility index (Phi) is 6.53. The van der Waals surface area contributed by atoms with Crippen molar-refractivity contribution in [2.75, 3.05) is 51.3 Å². The average molecular weight is 396 g/mol. The molecule has 1 N–H and O–H groups in total. The smallest absolute Gasteiger partial charge is 0.250 e. The number of anilines is 1. The number of sulfonamides is 1. The lowest BCUT2D eigenvalue weighted by Crippen LogP contribution is -2.47. The van der Waals surface area contributed by atoms with Crippen LogP contribution >= 0.6 is 11.3 Å². The molecule has 26 heavy (non-hydrogen) atoms. The molecule has 1 saturated heterocycles. The zero-order valence-corrected chi connectivity index (χ0v) is 16.6. The number of hydrogen-bond donors (Lipinski definition) is 1. The van der Waals surface area contributed by atoms with Gasteiger partial charge in [-0.25, -0.2) is 13.1 Å². The molecule has 0 amide bonds. The van der Waals surface area contributed by atoms with Gasteiger partial charge in [0.25, 0.3) is 0 Å². The van der Waals surface area contributed by atoms with Crippen molar-refractivity contribution in [3.05, 3.63) is 41.8 Å². The van der Waals surface area contributed by atoms with Crippen LogP contribution in [0.15, 0.2) is 46.0 Å². The highest BCUT2D eigenvalue weighted by molar-refractivity contribution is 7.91. The van der Waals surface area contributed by atoms with E-state index in [-0.39, 0.29) is 0 Å². The first kappa shape index (κ1) is 19.2. The summed E-state index contributed by atoms with van der Waals surface area (Å²) in [6.45, 7) is 5.32. The van der Waals surface area contributed by atoms with E-state index in [1.165, 1.54) is 17.0 Å². The van der Waals surface area contributed by atoms with Gasteiger partial charge in [0.1, 0.15) is 9.96 Å². The zero-order chi connectivity index (χ0) is 18.4. The number of nitrogens with one attached hydrogen (secondary N) is 1. The van der Waals surface area contributed by atoms with E-state index in [1.807, 2.05) is 12.1 Å². The summed E-state index contributed by atoms with van der Waals surface area (Å²) in [5.74, 6) is 0.873. The summed E-state index contributed by atoms with van der Waals surface area (Å²) in [7, 11) is -1.66. The van der Waals surface area contributed by atoms with Gasteiger partial charge in [-0.05, 0) is 48.7 Å². The van der Waals surface area contributed by atoms with Crippen LogP contribution < -0.4 is 14.4 Å². The molecule has 8 heteroatoms. The molecule has 1 fully saturated rings. The Morgan fingerprint density at radius 1 is 1.12 bits per heavy atom. The minimum atomic E-state index is -3.34. The van der Waals surface area contributed by atoms with Crippen molar-refractivity contribution in [2.45, 2.75) is 10.6 Å². The highest BCUT2D eigenvalue weighted by atomic mass is 32.2. The van der Waals surface area contributed by atoms with Crippen LogP contribution in [0, 0.1) is 0 Å². The second-order valence-electron chi connectivity index (χ2n) is 6.21. The van der Waals surface area contributed by atoms with Crippen LogP contribution in [-0.2, 0) is 10.0 Å². The summed E-state index contributed by atoms with van der Waals surface area (Å²) in [4.78, 5) is 4.76. The maximum absolute atomic E-state index is 12.1. The van der Waals surface area contributed by atoms with Gasteiger partial charge >= 0.3 is 0 Å². The SMILES string of the molecule is COc1ccc(N2CCN(CCCNS(=O)(=O)c3cccs3)CC2)cc1. The molecule has 142 valence electrons. The lowest BCUT2D eigenvalue weighted by molar-refractivity contribution is 0.255. The Bertz CT molecular complexity index is 769. The number of hydrogen-bond acceptors (Lipinski definition) is 6. The summed E-state index contributed by atoms with van der Waals surface area (Å²) >= 11 is 1.24. The molecule has 0 spiro atoms. The molecule has 0 aliphatic carbocycles. The van der Waals surface area contributed by atoms with Crippen LogP contribution in [0.4, 0.5) is 5.69 Å². The summed E-state index contributed by atoms with van der Waals surface area (Å²) < 4.78 is 32.4. The molecule has 0 radical (unpaired) electrons. The first-order chi connectivity index (χ1) is 12.6. The van der Waals surface area contributed by atoms with Crippen molar-refractivity contribution in [2.24, 2.45) is 0 Å². The van der Waals surface area contributed by atoms with Gasteiger partial charge in [-0.2, -0.15) is 0 Å². The van der Waals surface area contributed by atoms with E-state index < -0.39 is 10.0 Å². The molecule has 0 unspecified atom stereocenters. The number of thiophene rings is 1. The fourth-order valence-electron chi connectivity index (χ4n) is 3.02. The minimum Gasteiger partial charge on any atom is -0.497 e. The molecular formula is C18H25N3O3S2. The molecule has 2 heterocycles. The Morgan fingerprint density at radius 2 is 1.85 bits per heavy atom. The molecule has 1 aromatic heterocycles. The zero-order valence-electron chi connectivity index (χ0n) is 14.9. The molecule has 0 atom stereocenters. The van der Waals surface area contributed by atoms with Gasteiger partial charge in [0, 0.05) is 38.4 Å². The number of ether oxygens (including phenoxy) is 1. The van der Waals surface area contributed by atoms with Crippen LogP contribution in [0.1, 0.15) is 6.42 Å². The maximum Gasteiger partial charge on any atom is 0.250 e. The van der Waals surface area contributed by atoms with Crippen LogP contribution in [0.2, 0.25) is 0 Å². The topological polar surface area (TPSA) is 61.9 Å². The Hall–Kier alpha value is -1.61. The molecule has 1 aromatic carbocycles. The molecule has 1 aliphatic rings. The van der Waals surface area contributed by atoms with Crippen molar-refractivity contribution in [1.82, 2.24) is 9.62 Å². The second kappa shape index (κ2) is 8.85. The van der Waals surface area contributed by atoms with E-state index in [0.29, 0.717) is 10.8 Å². The van der Waals surface area contributed by atoms with Gasteiger partial charge < -0.3 is 9.64 Å². The number of benzene rings is 1. The molecule has 1 aliphatic heterocycles. The molecule has 3 rings (SSSR count). The monoisotopic (exact) mass is 395 g/mol. The second-order valence-corrected chi connectivity index (χ2v) is 9.15. The Labute approximate surface area is 159 Å². The third kappa shape index (κ3) is 4.97. The maximum atomic E-state index is 12.1. The normalized spacial score (nSPS) is 16.0. The van der Waals surface area contributed by atoms with E-state index in [2.05, 4.69) is 26.7 Å². The Balaban J connectivity index is 1.37. The Morgan fingerprint density at radius 3 is 2.46 bits per heavy atom. The van der Waals surface area contributed by atoms with E-state index >= 15 is 0 Å². The number of methoxy groups -OCH3 is 1. The van der Waals surface area contributed by atoms with Crippen LogP contribution in [0.25, 0.3) is 0 Å². The highest BCUT2D eigenvalue weighted by Gasteiger charge is 2.18. The van der Waals surface area contributed by atoms with Crippen molar-refractivity contribution in [3.8, 4) is 5.75 Å². The average Bonchev–Trinajstić information content (AvgIpc) is 3.22. The number of nitrogens with zero attached hydrogens (tertiary/aromatic N) is 2. The predicted octanol–water partition coefficient (Wildman–Crippen LogP) is 2.25. The molecular weight excluding hydrogens is 370 g/mol. The molecule has 0 bridgehead atoms. The first-order valence-corrected chi connectivity index (χ1v) is 11.1. The third-order valence-corrected chi connectivity index (χ3v) is 7.37. The number of piperazine rings is 1. The molecule has 6 nitrogen and oxygen atoms in total. The lowest BCUT2D eigenvalue weighted by Gasteiger charge is -2.36. The third-order valence-electron chi connectivity index (χ3n) is 4.51. The van der Waals surface area contributed by atoms with Crippen molar-refractivity contribution in [1.29, 1.82) is 0 Å². The fraction of sp³-hybridized carbons (Fsp3) is 0.444. The summed E-state index contributed by atoms with van der Waals surface area (Å²) in [5, 5.41) is 1.77. The lowest BCUT2D eigenvalue weighted by atomic mass is 10.2. The molecule has 0 saturated carbocycles. The molecule has 2 aromatic rings. The van der Waals surface area contributed by atoms with E-state index in [4.69, 9.17) is 4.74 Å². The quantitative estimate of drug-likeness (QED) is 0.695. The van der Waals surface area contributed by atoms with Gasteiger partial charge in [-0.15, -0.1) is 11.3 Å². The van der Waals surface area contributed by atoms with Crippen molar-refractivity contribution >= 4 is 27.0 Å². The number of rotatable bonds is 8. The fourth-order valence-corrected chi connectivity index (χ4v) is 5.13. The first-order valence-electron chi connectivity index (χ1n) is 8.73. The standard InChI is InChI=1S/C18H25N3O3S2/c1-24-17-7-5-16(6-8-17)21-13-11-20(12-14-21)10-3-9-19-26(22,23)18-4-2-15-25-18/h2,4-8,15,19H,3,9-14H2,1H3. The van der Waals surface area contributed by atoms with Crippen LogP contribution in [-0.4, -0.2) is 59.7 Å². The van der Waals surface area contributed by atoms with Crippen molar-refractivity contribution in [3.63, 3.8) is 0 Å². The van der Waals surface area contributed by atoms with Crippen molar-refractivity contribution < 1.29 is 13.2 Å². The predicted molar refractivity (Wildman–Crippen MR) is 106 cm³/mol. The van der Waals surface area contributed by atoms with E-state index in [9.17, 15) is 8.42 Å². The highest BCUT2D eigenvalue weighted by Crippen LogP contribution is 2.20. The van der Waals surface area contributed by atoms with Gasteiger partial charge in [0.05, 0.1) is 7.11 Å². The van der Waals surface area contributed by atoms with E-state index in [0.717, 1.165) is 44.9 Å². The summed E-state index contributed by atoms with van der Waals surface area (Å²) in [6.07, 6.45) is 0.813.